The van der Waals surface area contributed by atoms with Crippen molar-refractivity contribution in [3.05, 3.63) is 34.6 Å². The van der Waals surface area contributed by atoms with Gasteiger partial charge in [0.15, 0.2) is 0 Å². The fourth-order valence-electron chi connectivity index (χ4n) is 1.25. The van der Waals surface area contributed by atoms with Crippen molar-refractivity contribution < 1.29 is 14.2 Å². The first-order valence-corrected chi connectivity index (χ1v) is 5.07. The van der Waals surface area contributed by atoms with Crippen LogP contribution in [-0.2, 0) is 11.2 Å². The molecule has 1 rings (SSSR count). The van der Waals surface area contributed by atoms with Gasteiger partial charge in [0.1, 0.15) is 5.82 Å². The minimum absolute atomic E-state index is 0.196. The molecule has 0 radical (unpaired) electrons. The second-order valence-corrected chi connectivity index (χ2v) is 3.88. The van der Waals surface area contributed by atoms with Crippen molar-refractivity contribution in [3.8, 4) is 0 Å². The van der Waals surface area contributed by atoms with Crippen LogP contribution in [-0.4, -0.2) is 24.4 Å². The molecule has 2 atom stereocenters. The summed E-state index contributed by atoms with van der Waals surface area (Å²) in [5, 5.41) is 10.1. The quantitative estimate of drug-likeness (QED) is 0.864. The average molecular weight is 233 g/mol. The van der Waals surface area contributed by atoms with Crippen molar-refractivity contribution in [3.63, 3.8) is 0 Å². The van der Waals surface area contributed by atoms with E-state index in [0.29, 0.717) is 10.6 Å². The highest BCUT2D eigenvalue weighted by Gasteiger charge is 2.16. The zero-order valence-electron chi connectivity index (χ0n) is 8.71. The molecule has 1 aromatic carbocycles. The minimum atomic E-state index is -0.733. The molecular weight excluding hydrogens is 219 g/mol. The molecule has 0 saturated carbocycles. The Morgan fingerprint density at radius 3 is 2.80 bits per heavy atom. The summed E-state index contributed by atoms with van der Waals surface area (Å²) in [6, 6.07) is 4.29. The SMILES string of the molecule is COC(C)C(O)Cc1cc(Cl)ccc1F. The standard InChI is InChI=1S/C11H14ClFO2/c1-7(15-2)11(14)6-8-5-9(12)3-4-10(8)13/h3-5,7,11,14H,6H2,1-2H3. The summed E-state index contributed by atoms with van der Waals surface area (Å²) in [5.74, 6) is -0.359. The van der Waals surface area contributed by atoms with Crippen LogP contribution in [0.15, 0.2) is 18.2 Å². The average Bonchev–Trinajstić information content (AvgIpc) is 2.22. The minimum Gasteiger partial charge on any atom is -0.390 e. The highest BCUT2D eigenvalue weighted by atomic mass is 35.5. The molecular formula is C11H14ClFO2. The van der Waals surface area contributed by atoms with Gasteiger partial charge in [0.2, 0.25) is 0 Å². The van der Waals surface area contributed by atoms with Crippen LogP contribution in [0.5, 0.6) is 0 Å². The number of hydrogen-bond acceptors (Lipinski definition) is 2. The van der Waals surface area contributed by atoms with Gasteiger partial charge in [-0.3, -0.25) is 0 Å². The summed E-state index contributed by atoms with van der Waals surface area (Å²) in [5.41, 5.74) is 0.402. The summed E-state index contributed by atoms with van der Waals surface area (Å²) in [6.45, 7) is 1.73. The van der Waals surface area contributed by atoms with Gasteiger partial charge in [-0.1, -0.05) is 11.6 Å². The maximum absolute atomic E-state index is 13.3. The number of halogens is 2. The Labute approximate surface area is 93.6 Å². The zero-order valence-corrected chi connectivity index (χ0v) is 9.46. The molecule has 0 saturated heterocycles. The van der Waals surface area contributed by atoms with Crippen LogP contribution in [0.2, 0.25) is 5.02 Å². The summed E-state index contributed by atoms with van der Waals surface area (Å²) >= 11 is 5.73. The number of rotatable bonds is 4. The predicted molar refractivity (Wildman–Crippen MR) is 57.6 cm³/mol. The molecule has 0 heterocycles. The van der Waals surface area contributed by atoms with Crippen molar-refractivity contribution in [1.82, 2.24) is 0 Å². The van der Waals surface area contributed by atoms with Gasteiger partial charge < -0.3 is 9.84 Å². The first kappa shape index (κ1) is 12.4. The Balaban J connectivity index is 2.75. The lowest BCUT2D eigenvalue weighted by Gasteiger charge is -2.17. The zero-order chi connectivity index (χ0) is 11.4. The van der Waals surface area contributed by atoms with Gasteiger partial charge >= 0.3 is 0 Å². The molecule has 1 aromatic rings. The van der Waals surface area contributed by atoms with Crippen molar-refractivity contribution in [2.24, 2.45) is 0 Å². The number of ether oxygens (including phenoxy) is 1. The molecule has 0 aliphatic carbocycles. The largest absolute Gasteiger partial charge is 0.390 e. The summed E-state index contributed by atoms with van der Waals surface area (Å²) in [7, 11) is 1.50. The maximum Gasteiger partial charge on any atom is 0.126 e. The van der Waals surface area contributed by atoms with E-state index >= 15 is 0 Å². The molecule has 2 nitrogen and oxygen atoms in total. The summed E-state index contributed by atoms with van der Waals surface area (Å²) in [4.78, 5) is 0. The lowest BCUT2D eigenvalue weighted by atomic mass is 10.0. The third-order valence-electron chi connectivity index (χ3n) is 2.35. The molecule has 4 heteroatoms. The van der Waals surface area contributed by atoms with Crippen molar-refractivity contribution in [2.75, 3.05) is 7.11 Å². The van der Waals surface area contributed by atoms with E-state index in [1.54, 1.807) is 6.92 Å². The van der Waals surface area contributed by atoms with Gasteiger partial charge in [-0.15, -0.1) is 0 Å². The summed E-state index contributed by atoms with van der Waals surface area (Å²) < 4.78 is 18.2. The van der Waals surface area contributed by atoms with Crippen LogP contribution >= 0.6 is 11.6 Å². The fourth-order valence-corrected chi connectivity index (χ4v) is 1.44. The van der Waals surface area contributed by atoms with E-state index in [9.17, 15) is 9.50 Å². The Morgan fingerprint density at radius 2 is 2.20 bits per heavy atom. The highest BCUT2D eigenvalue weighted by Crippen LogP contribution is 2.17. The van der Waals surface area contributed by atoms with Crippen LogP contribution in [0.1, 0.15) is 12.5 Å². The van der Waals surface area contributed by atoms with Gasteiger partial charge in [-0.25, -0.2) is 4.39 Å². The van der Waals surface area contributed by atoms with Gasteiger partial charge in [0, 0.05) is 18.6 Å². The first-order chi connectivity index (χ1) is 7.04. The molecule has 1 N–H and O–H groups in total. The Kier molecular flexibility index (Phi) is 4.51. The van der Waals surface area contributed by atoms with Crippen molar-refractivity contribution in [2.45, 2.75) is 25.6 Å². The van der Waals surface area contributed by atoms with Crippen LogP contribution in [0.4, 0.5) is 4.39 Å². The monoisotopic (exact) mass is 232 g/mol. The van der Waals surface area contributed by atoms with Crippen molar-refractivity contribution in [1.29, 1.82) is 0 Å². The lowest BCUT2D eigenvalue weighted by Crippen LogP contribution is -2.27. The van der Waals surface area contributed by atoms with E-state index in [-0.39, 0.29) is 18.3 Å². The van der Waals surface area contributed by atoms with Gasteiger partial charge in [-0.05, 0) is 30.7 Å². The van der Waals surface area contributed by atoms with E-state index in [4.69, 9.17) is 16.3 Å². The first-order valence-electron chi connectivity index (χ1n) is 4.69. The van der Waals surface area contributed by atoms with Gasteiger partial charge in [-0.2, -0.15) is 0 Å². The number of hydrogen-bond donors (Lipinski definition) is 1. The Hall–Kier alpha value is -0.640. The molecule has 0 amide bonds. The fraction of sp³-hybridized carbons (Fsp3) is 0.455. The molecule has 15 heavy (non-hydrogen) atoms. The normalized spacial score (nSPS) is 15.0. The number of methoxy groups -OCH3 is 1. The van der Waals surface area contributed by atoms with Gasteiger partial charge in [0.25, 0.3) is 0 Å². The maximum atomic E-state index is 13.3. The molecule has 0 aliphatic heterocycles. The smallest absolute Gasteiger partial charge is 0.126 e. The molecule has 0 bridgehead atoms. The number of aliphatic hydroxyl groups excluding tert-OH is 1. The summed E-state index contributed by atoms with van der Waals surface area (Å²) in [6.07, 6.45) is -0.868. The highest BCUT2D eigenvalue weighted by molar-refractivity contribution is 6.30. The Bertz CT molecular complexity index is 330. The third kappa shape index (κ3) is 3.45. The molecule has 84 valence electrons. The van der Waals surface area contributed by atoms with Gasteiger partial charge in [0.05, 0.1) is 12.2 Å². The second-order valence-electron chi connectivity index (χ2n) is 3.45. The van der Waals surface area contributed by atoms with Crippen LogP contribution in [0.3, 0.4) is 0 Å². The molecule has 0 aliphatic rings. The molecule has 0 fully saturated rings. The molecule has 0 spiro atoms. The van der Waals surface area contributed by atoms with Crippen molar-refractivity contribution >= 4 is 11.6 Å². The third-order valence-corrected chi connectivity index (χ3v) is 2.59. The molecule has 2 unspecified atom stereocenters. The molecule has 0 aromatic heterocycles. The second kappa shape index (κ2) is 5.45. The number of benzene rings is 1. The van der Waals surface area contributed by atoms with Crippen LogP contribution in [0.25, 0.3) is 0 Å². The van der Waals surface area contributed by atoms with E-state index in [0.717, 1.165) is 0 Å². The van der Waals surface area contributed by atoms with Crippen LogP contribution < -0.4 is 0 Å². The van der Waals surface area contributed by atoms with E-state index in [1.165, 1.54) is 25.3 Å². The van der Waals surface area contributed by atoms with E-state index in [2.05, 4.69) is 0 Å². The topological polar surface area (TPSA) is 29.5 Å². The lowest BCUT2D eigenvalue weighted by molar-refractivity contribution is 0.0000461. The van der Waals surface area contributed by atoms with E-state index in [1.807, 2.05) is 0 Å². The van der Waals surface area contributed by atoms with E-state index < -0.39 is 6.10 Å². The number of aliphatic hydroxyl groups is 1. The Morgan fingerprint density at radius 1 is 1.53 bits per heavy atom. The van der Waals surface area contributed by atoms with Crippen LogP contribution in [0, 0.1) is 5.82 Å². The predicted octanol–water partition coefficient (Wildman–Crippen LogP) is 2.42.